The summed E-state index contributed by atoms with van der Waals surface area (Å²) < 4.78 is 24.0. The van der Waals surface area contributed by atoms with Crippen LogP contribution in [0.2, 0.25) is 0 Å². The minimum absolute atomic E-state index is 0.0673. The van der Waals surface area contributed by atoms with E-state index < -0.39 is 10.0 Å². The predicted octanol–water partition coefficient (Wildman–Crippen LogP) is 1.76. The first kappa shape index (κ1) is 17.9. The monoisotopic (exact) mass is 338 g/mol. The highest BCUT2D eigenvalue weighted by atomic mass is 32.2. The van der Waals surface area contributed by atoms with E-state index in [4.69, 9.17) is 0 Å². The topological polar surface area (TPSA) is 57.7 Å². The summed E-state index contributed by atoms with van der Waals surface area (Å²) in [6.45, 7) is 7.59. The average Bonchev–Trinajstić information content (AvgIpc) is 2.44. The van der Waals surface area contributed by atoms with Crippen molar-refractivity contribution in [2.24, 2.45) is 0 Å². The molecule has 1 aliphatic rings. The van der Waals surface area contributed by atoms with E-state index in [1.807, 2.05) is 0 Å². The summed E-state index contributed by atoms with van der Waals surface area (Å²) in [6, 6.07) is 6.49. The minimum atomic E-state index is -3.34. The Bertz CT molecular complexity index is 705. The first-order valence-corrected chi connectivity index (χ1v) is 9.64. The molecular formula is C17H26N2O3S. The van der Waals surface area contributed by atoms with Crippen molar-refractivity contribution in [3.63, 3.8) is 0 Å². The van der Waals surface area contributed by atoms with Crippen LogP contribution < -0.4 is 0 Å². The number of amides is 1. The third-order valence-electron chi connectivity index (χ3n) is 4.36. The molecule has 0 saturated heterocycles. The van der Waals surface area contributed by atoms with Crippen LogP contribution in [0.3, 0.4) is 0 Å². The highest BCUT2D eigenvalue weighted by Gasteiger charge is 2.25. The Kier molecular flexibility index (Phi) is 4.87. The molecule has 0 saturated carbocycles. The van der Waals surface area contributed by atoms with Crippen molar-refractivity contribution in [2.45, 2.75) is 39.2 Å². The Morgan fingerprint density at radius 2 is 1.91 bits per heavy atom. The average molecular weight is 338 g/mol. The molecule has 0 N–H and O–H groups in total. The largest absolute Gasteiger partial charge is 0.337 e. The molecule has 1 aliphatic heterocycles. The van der Waals surface area contributed by atoms with Gasteiger partial charge in [-0.05, 0) is 28.5 Å². The van der Waals surface area contributed by atoms with Crippen LogP contribution in [0.15, 0.2) is 18.2 Å². The summed E-state index contributed by atoms with van der Waals surface area (Å²) in [5, 5.41) is 0. The molecule has 6 heteroatoms. The van der Waals surface area contributed by atoms with Gasteiger partial charge in [0.15, 0.2) is 0 Å². The summed E-state index contributed by atoms with van der Waals surface area (Å²) in [7, 11) is -1.90. The first-order valence-electron chi connectivity index (χ1n) is 7.80. The Balaban J connectivity index is 2.14. The van der Waals surface area contributed by atoms with Gasteiger partial charge in [-0.15, -0.1) is 0 Å². The zero-order chi connectivity index (χ0) is 17.4. The van der Waals surface area contributed by atoms with Gasteiger partial charge >= 0.3 is 0 Å². The van der Waals surface area contributed by atoms with Gasteiger partial charge in [-0.2, -0.15) is 4.31 Å². The quantitative estimate of drug-likeness (QED) is 0.844. The standard InChI is InChI=1S/C17H26N2O3S/c1-17(2,3)15-7-6-13-8-9-19(11-14(13)10-15)16(20)12-18(4)23(5,21)22/h6-7,10H,8-9,11-12H2,1-5H3. The molecule has 23 heavy (non-hydrogen) atoms. The van der Waals surface area contributed by atoms with Crippen LogP contribution >= 0.6 is 0 Å². The molecule has 0 aliphatic carbocycles. The summed E-state index contributed by atoms with van der Waals surface area (Å²) >= 11 is 0. The Morgan fingerprint density at radius 1 is 1.26 bits per heavy atom. The number of likely N-dealkylation sites (N-methyl/N-ethyl adjacent to an activating group) is 1. The fraction of sp³-hybridized carbons (Fsp3) is 0.588. The van der Waals surface area contributed by atoms with Crippen LogP contribution in [0.4, 0.5) is 0 Å². The van der Waals surface area contributed by atoms with Crippen LogP contribution in [0.5, 0.6) is 0 Å². The number of sulfonamides is 1. The van der Waals surface area contributed by atoms with Crippen molar-refractivity contribution < 1.29 is 13.2 Å². The van der Waals surface area contributed by atoms with Gasteiger partial charge in [0.25, 0.3) is 0 Å². The Hall–Kier alpha value is -1.40. The molecule has 1 aromatic rings. The van der Waals surface area contributed by atoms with Crippen molar-refractivity contribution >= 4 is 15.9 Å². The van der Waals surface area contributed by atoms with E-state index >= 15 is 0 Å². The fourth-order valence-electron chi connectivity index (χ4n) is 2.64. The molecule has 128 valence electrons. The maximum absolute atomic E-state index is 12.4. The maximum Gasteiger partial charge on any atom is 0.238 e. The van der Waals surface area contributed by atoms with E-state index in [1.54, 1.807) is 4.90 Å². The van der Waals surface area contributed by atoms with Crippen molar-refractivity contribution in [3.8, 4) is 0 Å². The van der Waals surface area contributed by atoms with Gasteiger partial charge in [-0.3, -0.25) is 4.79 Å². The van der Waals surface area contributed by atoms with Crippen molar-refractivity contribution in [2.75, 3.05) is 26.4 Å². The molecule has 1 aromatic carbocycles. The zero-order valence-electron chi connectivity index (χ0n) is 14.6. The Labute approximate surface area is 139 Å². The van der Waals surface area contributed by atoms with Crippen LogP contribution in [-0.4, -0.2) is 49.9 Å². The van der Waals surface area contributed by atoms with E-state index in [0.717, 1.165) is 17.0 Å². The van der Waals surface area contributed by atoms with Gasteiger partial charge < -0.3 is 4.90 Å². The lowest BCUT2D eigenvalue weighted by atomic mass is 9.84. The molecule has 5 nitrogen and oxygen atoms in total. The lowest BCUT2D eigenvalue weighted by Gasteiger charge is -2.31. The number of rotatable bonds is 3. The van der Waals surface area contributed by atoms with Crippen LogP contribution in [0, 0.1) is 0 Å². The molecule has 0 bridgehead atoms. The van der Waals surface area contributed by atoms with Crippen molar-refractivity contribution in [3.05, 3.63) is 34.9 Å². The van der Waals surface area contributed by atoms with Gasteiger partial charge in [0.05, 0.1) is 12.8 Å². The second-order valence-corrected chi connectivity index (χ2v) is 9.41. The lowest BCUT2D eigenvalue weighted by molar-refractivity contribution is -0.132. The molecule has 0 atom stereocenters. The number of carbonyl (C=O) groups excluding carboxylic acids is 1. The lowest BCUT2D eigenvalue weighted by Crippen LogP contribution is -2.43. The van der Waals surface area contributed by atoms with Gasteiger partial charge in [0.2, 0.25) is 15.9 Å². The third-order valence-corrected chi connectivity index (χ3v) is 5.62. The van der Waals surface area contributed by atoms with Gasteiger partial charge in [-0.25, -0.2) is 8.42 Å². The summed E-state index contributed by atoms with van der Waals surface area (Å²) in [6.07, 6.45) is 1.93. The third kappa shape index (κ3) is 4.32. The van der Waals surface area contributed by atoms with Gasteiger partial charge in [-0.1, -0.05) is 39.0 Å². The van der Waals surface area contributed by atoms with Crippen LogP contribution in [0.25, 0.3) is 0 Å². The summed E-state index contributed by atoms with van der Waals surface area (Å²) in [5.74, 6) is -0.148. The number of nitrogens with zero attached hydrogens (tertiary/aromatic N) is 2. The fourth-order valence-corrected chi connectivity index (χ4v) is 2.99. The smallest absolute Gasteiger partial charge is 0.238 e. The molecular weight excluding hydrogens is 312 g/mol. The van der Waals surface area contributed by atoms with E-state index in [9.17, 15) is 13.2 Å². The first-order chi connectivity index (χ1) is 10.5. The highest BCUT2D eigenvalue weighted by Crippen LogP contribution is 2.27. The van der Waals surface area contributed by atoms with Crippen LogP contribution in [0.1, 0.15) is 37.5 Å². The molecule has 1 heterocycles. The molecule has 0 aromatic heterocycles. The maximum atomic E-state index is 12.4. The number of benzene rings is 1. The highest BCUT2D eigenvalue weighted by molar-refractivity contribution is 7.88. The Morgan fingerprint density at radius 3 is 2.48 bits per heavy atom. The number of fused-ring (bicyclic) bond motifs is 1. The molecule has 0 radical (unpaired) electrons. The molecule has 0 fully saturated rings. The molecule has 1 amide bonds. The normalized spacial score (nSPS) is 15.7. The van der Waals surface area contributed by atoms with Gasteiger partial charge in [0, 0.05) is 20.1 Å². The summed E-state index contributed by atoms with van der Waals surface area (Å²) in [5.41, 5.74) is 3.76. The van der Waals surface area contributed by atoms with E-state index in [0.29, 0.717) is 13.1 Å². The molecule has 0 unspecified atom stereocenters. The number of hydrogen-bond donors (Lipinski definition) is 0. The molecule has 0 spiro atoms. The number of carbonyl (C=O) groups is 1. The second kappa shape index (κ2) is 6.24. The zero-order valence-corrected chi connectivity index (χ0v) is 15.4. The van der Waals surface area contributed by atoms with E-state index in [1.165, 1.54) is 23.7 Å². The van der Waals surface area contributed by atoms with E-state index in [-0.39, 0.29) is 17.9 Å². The van der Waals surface area contributed by atoms with Crippen molar-refractivity contribution in [1.82, 2.24) is 9.21 Å². The summed E-state index contributed by atoms with van der Waals surface area (Å²) in [4.78, 5) is 14.1. The minimum Gasteiger partial charge on any atom is -0.337 e. The second-order valence-electron chi connectivity index (χ2n) is 7.32. The predicted molar refractivity (Wildman–Crippen MR) is 91.7 cm³/mol. The van der Waals surface area contributed by atoms with Crippen LogP contribution in [-0.2, 0) is 33.2 Å². The van der Waals surface area contributed by atoms with Crippen molar-refractivity contribution in [1.29, 1.82) is 0 Å². The number of hydrogen-bond acceptors (Lipinski definition) is 3. The van der Waals surface area contributed by atoms with Gasteiger partial charge in [0.1, 0.15) is 0 Å². The molecule has 2 rings (SSSR count). The van der Waals surface area contributed by atoms with E-state index in [2.05, 4.69) is 39.0 Å². The SMILES string of the molecule is CN(CC(=O)N1CCc2ccc(C(C)(C)C)cc2C1)S(C)(=O)=O.